The van der Waals surface area contributed by atoms with Crippen molar-refractivity contribution in [2.45, 2.75) is 26.2 Å². The molecule has 0 aliphatic carbocycles. The molecule has 19 heavy (non-hydrogen) atoms. The molecule has 1 saturated heterocycles. The van der Waals surface area contributed by atoms with Gasteiger partial charge in [0, 0.05) is 20.1 Å². The first kappa shape index (κ1) is 15.8. The molecule has 0 unspecified atom stereocenters. The van der Waals surface area contributed by atoms with E-state index in [1.54, 1.807) is 7.05 Å². The normalized spacial score (nSPS) is 18.9. The summed E-state index contributed by atoms with van der Waals surface area (Å²) in [6.07, 6.45) is 2.12. The van der Waals surface area contributed by atoms with Crippen LogP contribution < -0.4 is 5.32 Å². The number of hydrogen-bond acceptors (Lipinski definition) is 3. The van der Waals surface area contributed by atoms with E-state index in [4.69, 9.17) is 5.11 Å². The van der Waals surface area contributed by atoms with Gasteiger partial charge in [0.05, 0.1) is 6.42 Å². The van der Waals surface area contributed by atoms with Gasteiger partial charge < -0.3 is 20.2 Å². The quantitative estimate of drug-likeness (QED) is 0.777. The van der Waals surface area contributed by atoms with Gasteiger partial charge in [0.2, 0.25) is 0 Å². The Morgan fingerprint density at radius 3 is 2.47 bits per heavy atom. The molecule has 0 atom stereocenters. The molecule has 0 aromatic carbocycles. The first-order valence-electron chi connectivity index (χ1n) is 6.72. The van der Waals surface area contributed by atoms with Crippen molar-refractivity contribution in [3.63, 3.8) is 0 Å². The van der Waals surface area contributed by atoms with Crippen LogP contribution in [-0.2, 0) is 4.79 Å². The Balaban J connectivity index is 2.31. The van der Waals surface area contributed by atoms with E-state index in [1.807, 2.05) is 0 Å². The van der Waals surface area contributed by atoms with Crippen molar-refractivity contribution in [3.8, 4) is 0 Å². The number of carboxylic acids is 1. The summed E-state index contributed by atoms with van der Waals surface area (Å²) in [7, 11) is 3.73. The second-order valence-corrected chi connectivity index (χ2v) is 5.84. The highest BCUT2D eigenvalue weighted by Gasteiger charge is 2.29. The van der Waals surface area contributed by atoms with Crippen molar-refractivity contribution in [2.24, 2.45) is 5.41 Å². The van der Waals surface area contributed by atoms with Gasteiger partial charge in [0.25, 0.3) is 0 Å². The predicted molar refractivity (Wildman–Crippen MR) is 73.1 cm³/mol. The van der Waals surface area contributed by atoms with Gasteiger partial charge in [-0.1, -0.05) is 6.92 Å². The monoisotopic (exact) mass is 271 g/mol. The number of likely N-dealkylation sites (tertiary alicyclic amines) is 1. The standard InChI is InChI=1S/C13H25N3O3/c1-13(5-8-15(2)9-6-13)10-14-12(19)16(3)7-4-11(17)18/h4-10H2,1-3H3,(H,14,19)(H,17,18). The first-order valence-corrected chi connectivity index (χ1v) is 6.72. The smallest absolute Gasteiger partial charge is 0.317 e. The third-order valence-corrected chi connectivity index (χ3v) is 3.87. The maximum absolute atomic E-state index is 11.8. The topological polar surface area (TPSA) is 72.9 Å². The van der Waals surface area contributed by atoms with Crippen molar-refractivity contribution in [1.82, 2.24) is 15.1 Å². The number of aliphatic carboxylic acids is 1. The molecule has 1 fully saturated rings. The van der Waals surface area contributed by atoms with Crippen LogP contribution in [0, 0.1) is 5.41 Å². The van der Waals surface area contributed by atoms with Crippen LogP contribution in [0.1, 0.15) is 26.2 Å². The molecule has 0 aromatic rings. The fourth-order valence-corrected chi connectivity index (χ4v) is 2.12. The highest BCUT2D eigenvalue weighted by molar-refractivity contribution is 5.75. The molecule has 2 amide bonds. The van der Waals surface area contributed by atoms with Crippen molar-refractivity contribution in [3.05, 3.63) is 0 Å². The lowest BCUT2D eigenvalue weighted by molar-refractivity contribution is -0.137. The van der Waals surface area contributed by atoms with E-state index < -0.39 is 5.97 Å². The molecule has 6 heteroatoms. The molecule has 110 valence electrons. The summed E-state index contributed by atoms with van der Waals surface area (Å²) >= 11 is 0. The molecular weight excluding hydrogens is 246 g/mol. The van der Waals surface area contributed by atoms with Gasteiger partial charge in [0.15, 0.2) is 0 Å². The Kier molecular flexibility index (Phi) is 5.60. The SMILES string of the molecule is CN1CCC(C)(CNC(=O)N(C)CCC(=O)O)CC1. The number of nitrogens with zero attached hydrogens (tertiary/aromatic N) is 2. The third-order valence-electron chi connectivity index (χ3n) is 3.87. The maximum Gasteiger partial charge on any atom is 0.317 e. The maximum atomic E-state index is 11.8. The minimum Gasteiger partial charge on any atom is -0.481 e. The number of carbonyl (C=O) groups excluding carboxylic acids is 1. The molecular formula is C13H25N3O3. The Labute approximate surface area is 114 Å². The molecule has 1 rings (SSSR count). The van der Waals surface area contributed by atoms with Crippen LogP contribution in [0.5, 0.6) is 0 Å². The lowest BCUT2D eigenvalue weighted by Gasteiger charge is -2.38. The summed E-state index contributed by atoms with van der Waals surface area (Å²) in [5.41, 5.74) is 0.149. The largest absolute Gasteiger partial charge is 0.481 e. The molecule has 0 aromatic heterocycles. The van der Waals surface area contributed by atoms with E-state index in [2.05, 4.69) is 24.2 Å². The summed E-state index contributed by atoms with van der Waals surface area (Å²) in [5, 5.41) is 11.5. The number of carbonyl (C=O) groups is 2. The molecule has 0 saturated carbocycles. The number of carboxylic acid groups (broad SMARTS) is 1. The van der Waals surface area contributed by atoms with Gasteiger partial charge in [-0.05, 0) is 38.4 Å². The highest BCUT2D eigenvalue weighted by atomic mass is 16.4. The number of rotatable bonds is 5. The van der Waals surface area contributed by atoms with E-state index in [9.17, 15) is 9.59 Å². The van der Waals surface area contributed by atoms with Crippen LogP contribution in [0.4, 0.5) is 4.79 Å². The summed E-state index contributed by atoms with van der Waals surface area (Å²) < 4.78 is 0. The van der Waals surface area contributed by atoms with Crippen LogP contribution in [0.15, 0.2) is 0 Å². The zero-order chi connectivity index (χ0) is 14.5. The fraction of sp³-hybridized carbons (Fsp3) is 0.846. The van der Waals surface area contributed by atoms with Gasteiger partial charge in [-0.25, -0.2) is 4.79 Å². The molecule has 0 bridgehead atoms. The number of nitrogens with one attached hydrogen (secondary N) is 1. The Morgan fingerprint density at radius 1 is 1.37 bits per heavy atom. The Bertz CT molecular complexity index is 325. The van der Waals surface area contributed by atoms with Crippen molar-refractivity contribution >= 4 is 12.0 Å². The highest BCUT2D eigenvalue weighted by Crippen LogP contribution is 2.29. The van der Waals surface area contributed by atoms with E-state index >= 15 is 0 Å². The predicted octanol–water partition coefficient (Wildman–Crippen LogP) is 0.834. The van der Waals surface area contributed by atoms with E-state index in [0.29, 0.717) is 6.54 Å². The molecule has 2 N–H and O–H groups in total. The minimum atomic E-state index is -0.887. The number of urea groups is 1. The number of hydrogen-bond donors (Lipinski definition) is 2. The molecule has 1 aliphatic rings. The van der Waals surface area contributed by atoms with Crippen molar-refractivity contribution < 1.29 is 14.7 Å². The van der Waals surface area contributed by atoms with Crippen LogP contribution in [0.25, 0.3) is 0 Å². The molecule has 6 nitrogen and oxygen atoms in total. The zero-order valence-corrected chi connectivity index (χ0v) is 12.1. The third kappa shape index (κ3) is 5.46. The molecule has 1 heterocycles. The van der Waals surface area contributed by atoms with E-state index in [1.165, 1.54) is 4.90 Å². The van der Waals surface area contributed by atoms with Gasteiger partial charge in [0.1, 0.15) is 0 Å². The minimum absolute atomic E-state index is 0.0218. The average Bonchev–Trinajstić information content (AvgIpc) is 2.37. The second-order valence-electron chi connectivity index (χ2n) is 5.84. The zero-order valence-electron chi connectivity index (χ0n) is 12.1. The Morgan fingerprint density at radius 2 is 1.95 bits per heavy atom. The molecule has 0 spiro atoms. The van der Waals surface area contributed by atoms with Gasteiger partial charge in [-0.15, -0.1) is 0 Å². The van der Waals surface area contributed by atoms with Gasteiger partial charge >= 0.3 is 12.0 Å². The second kappa shape index (κ2) is 6.75. The van der Waals surface area contributed by atoms with Crippen molar-refractivity contribution in [1.29, 1.82) is 0 Å². The Hall–Kier alpha value is -1.30. The summed E-state index contributed by atoms with van der Waals surface area (Å²) in [6, 6.07) is -0.193. The summed E-state index contributed by atoms with van der Waals surface area (Å²) in [5.74, 6) is -0.887. The van der Waals surface area contributed by atoms with E-state index in [0.717, 1.165) is 25.9 Å². The van der Waals surface area contributed by atoms with Crippen LogP contribution >= 0.6 is 0 Å². The number of amides is 2. The molecule has 1 aliphatic heterocycles. The van der Waals surface area contributed by atoms with Crippen LogP contribution in [0.3, 0.4) is 0 Å². The lowest BCUT2D eigenvalue weighted by Crippen LogP contribution is -2.46. The van der Waals surface area contributed by atoms with Gasteiger partial charge in [-0.2, -0.15) is 0 Å². The number of piperidine rings is 1. The summed E-state index contributed by atoms with van der Waals surface area (Å²) in [4.78, 5) is 26.0. The molecule has 0 radical (unpaired) electrons. The van der Waals surface area contributed by atoms with E-state index in [-0.39, 0.29) is 24.4 Å². The first-order chi connectivity index (χ1) is 8.82. The fourth-order valence-electron chi connectivity index (χ4n) is 2.12. The summed E-state index contributed by atoms with van der Waals surface area (Å²) in [6.45, 7) is 5.19. The van der Waals surface area contributed by atoms with Crippen LogP contribution in [-0.4, -0.2) is 67.2 Å². The lowest BCUT2D eigenvalue weighted by atomic mass is 9.80. The van der Waals surface area contributed by atoms with Crippen molar-refractivity contribution in [2.75, 3.05) is 40.3 Å². The van der Waals surface area contributed by atoms with Gasteiger partial charge in [-0.3, -0.25) is 4.79 Å². The average molecular weight is 271 g/mol. The van der Waals surface area contributed by atoms with Crippen LogP contribution in [0.2, 0.25) is 0 Å².